The third-order valence-electron chi connectivity index (χ3n) is 3.73. The van der Waals surface area contributed by atoms with E-state index in [1.165, 1.54) is 0 Å². The van der Waals surface area contributed by atoms with E-state index in [1.54, 1.807) is 0 Å². The van der Waals surface area contributed by atoms with Gasteiger partial charge in [-0.3, -0.25) is 4.79 Å². The molecule has 1 aliphatic heterocycles. The lowest BCUT2D eigenvalue weighted by molar-refractivity contribution is -0.140. The topological polar surface area (TPSA) is 32.8 Å². The molecule has 1 saturated heterocycles. The molecule has 0 saturated carbocycles. The number of amides is 1. The zero-order chi connectivity index (χ0) is 14.5. The van der Waals surface area contributed by atoms with Crippen molar-refractivity contribution in [1.29, 1.82) is 0 Å². The van der Waals surface area contributed by atoms with Gasteiger partial charge in [0, 0.05) is 26.2 Å². The zero-order valence-corrected chi connectivity index (χ0v) is 12.6. The van der Waals surface area contributed by atoms with Crippen LogP contribution >= 0.6 is 0 Å². The van der Waals surface area contributed by atoms with E-state index in [0.717, 1.165) is 37.5 Å². The van der Waals surface area contributed by atoms with Crippen molar-refractivity contribution < 1.29 is 9.53 Å². The highest BCUT2D eigenvalue weighted by Gasteiger charge is 2.26. The average Bonchev–Trinajstić information content (AvgIpc) is 2.45. The van der Waals surface area contributed by atoms with Crippen molar-refractivity contribution >= 4 is 5.91 Å². The van der Waals surface area contributed by atoms with Crippen molar-refractivity contribution in [1.82, 2.24) is 9.80 Å². The van der Waals surface area contributed by atoms with Crippen molar-refractivity contribution in [2.75, 3.05) is 33.2 Å². The number of piperazine rings is 1. The first-order valence-electron chi connectivity index (χ1n) is 7.31. The molecule has 20 heavy (non-hydrogen) atoms. The second-order valence-electron chi connectivity index (χ2n) is 5.46. The minimum Gasteiger partial charge on any atom is -0.481 e. The number of carbonyl (C=O) groups excluding carboxylic acids is 1. The summed E-state index contributed by atoms with van der Waals surface area (Å²) < 4.78 is 5.88. The van der Waals surface area contributed by atoms with Crippen LogP contribution in [0.2, 0.25) is 0 Å². The van der Waals surface area contributed by atoms with Gasteiger partial charge >= 0.3 is 0 Å². The van der Waals surface area contributed by atoms with Crippen molar-refractivity contribution in [3.05, 3.63) is 29.8 Å². The number of hydrogen-bond donors (Lipinski definition) is 0. The monoisotopic (exact) mass is 276 g/mol. The van der Waals surface area contributed by atoms with E-state index in [2.05, 4.69) is 11.9 Å². The fraction of sp³-hybridized carbons (Fsp3) is 0.562. The maximum absolute atomic E-state index is 12.5. The van der Waals surface area contributed by atoms with Crippen LogP contribution in [0.15, 0.2) is 24.3 Å². The summed E-state index contributed by atoms with van der Waals surface area (Å²) in [4.78, 5) is 16.7. The number of aryl methyl sites for hydroxylation is 1. The number of nitrogens with zero attached hydrogens (tertiary/aromatic N) is 2. The van der Waals surface area contributed by atoms with Gasteiger partial charge in [-0.2, -0.15) is 0 Å². The molecular weight excluding hydrogens is 252 g/mol. The molecule has 0 radical (unpaired) electrons. The SMILES string of the molecule is CCC(Oc1cccc(C)c1)C(=O)N1CCN(C)CC1. The molecule has 0 N–H and O–H groups in total. The molecule has 1 unspecified atom stereocenters. The third kappa shape index (κ3) is 3.73. The smallest absolute Gasteiger partial charge is 0.263 e. The van der Waals surface area contributed by atoms with Crippen LogP contribution in [0.3, 0.4) is 0 Å². The van der Waals surface area contributed by atoms with Crippen molar-refractivity contribution in [3.63, 3.8) is 0 Å². The highest BCUT2D eigenvalue weighted by molar-refractivity contribution is 5.81. The summed E-state index contributed by atoms with van der Waals surface area (Å²) in [5.74, 6) is 0.890. The lowest BCUT2D eigenvalue weighted by Crippen LogP contribution is -2.51. The van der Waals surface area contributed by atoms with E-state index in [4.69, 9.17) is 4.74 Å². The van der Waals surface area contributed by atoms with Gasteiger partial charge in [-0.15, -0.1) is 0 Å². The number of ether oxygens (including phenoxy) is 1. The van der Waals surface area contributed by atoms with E-state index < -0.39 is 0 Å². The Balaban J connectivity index is 1.99. The van der Waals surface area contributed by atoms with Crippen LogP contribution in [0.5, 0.6) is 5.75 Å². The molecule has 1 aromatic rings. The third-order valence-corrected chi connectivity index (χ3v) is 3.73. The molecule has 1 aromatic carbocycles. The summed E-state index contributed by atoms with van der Waals surface area (Å²) in [5.41, 5.74) is 1.14. The van der Waals surface area contributed by atoms with Gasteiger partial charge in [-0.1, -0.05) is 19.1 Å². The molecule has 0 bridgehead atoms. The quantitative estimate of drug-likeness (QED) is 0.842. The Morgan fingerprint density at radius 1 is 1.30 bits per heavy atom. The molecule has 1 aliphatic rings. The Hall–Kier alpha value is -1.55. The summed E-state index contributed by atoms with van der Waals surface area (Å²) in [5, 5.41) is 0. The van der Waals surface area contributed by atoms with Gasteiger partial charge in [0.15, 0.2) is 6.10 Å². The van der Waals surface area contributed by atoms with Gasteiger partial charge in [0.2, 0.25) is 0 Å². The lowest BCUT2D eigenvalue weighted by atomic mass is 10.2. The van der Waals surface area contributed by atoms with Gasteiger partial charge in [0.05, 0.1) is 0 Å². The minimum atomic E-state index is -0.375. The van der Waals surface area contributed by atoms with Crippen LogP contribution in [0, 0.1) is 6.92 Å². The number of rotatable bonds is 4. The second-order valence-corrected chi connectivity index (χ2v) is 5.46. The van der Waals surface area contributed by atoms with Crippen LogP contribution in [-0.4, -0.2) is 55.0 Å². The van der Waals surface area contributed by atoms with Crippen LogP contribution in [0.25, 0.3) is 0 Å². The van der Waals surface area contributed by atoms with E-state index in [0.29, 0.717) is 6.42 Å². The predicted octanol–water partition coefficient (Wildman–Crippen LogP) is 1.93. The van der Waals surface area contributed by atoms with E-state index in [-0.39, 0.29) is 12.0 Å². The number of benzene rings is 1. The van der Waals surface area contributed by atoms with Crippen LogP contribution in [-0.2, 0) is 4.79 Å². The molecule has 4 heteroatoms. The van der Waals surface area contributed by atoms with Crippen LogP contribution < -0.4 is 4.74 Å². The molecule has 4 nitrogen and oxygen atoms in total. The van der Waals surface area contributed by atoms with E-state index in [9.17, 15) is 4.79 Å². The molecule has 1 fully saturated rings. The molecular formula is C16H24N2O2. The van der Waals surface area contributed by atoms with E-state index in [1.807, 2.05) is 43.0 Å². The summed E-state index contributed by atoms with van der Waals surface area (Å²) in [6.45, 7) is 7.48. The van der Waals surface area contributed by atoms with Crippen LogP contribution in [0.1, 0.15) is 18.9 Å². The first-order chi connectivity index (χ1) is 9.60. The maximum Gasteiger partial charge on any atom is 0.263 e. The molecule has 110 valence electrons. The molecule has 1 amide bonds. The first-order valence-corrected chi connectivity index (χ1v) is 7.31. The molecule has 0 aliphatic carbocycles. The van der Waals surface area contributed by atoms with Gasteiger partial charge in [0.1, 0.15) is 5.75 Å². The second kappa shape index (κ2) is 6.75. The largest absolute Gasteiger partial charge is 0.481 e. The van der Waals surface area contributed by atoms with Crippen molar-refractivity contribution in [2.45, 2.75) is 26.4 Å². The molecule has 1 atom stereocenters. The maximum atomic E-state index is 12.5. The number of carbonyl (C=O) groups is 1. The summed E-state index contributed by atoms with van der Waals surface area (Å²) in [6, 6.07) is 7.86. The summed E-state index contributed by atoms with van der Waals surface area (Å²) in [6.07, 6.45) is 0.319. The Bertz CT molecular complexity index is 454. The summed E-state index contributed by atoms with van der Waals surface area (Å²) >= 11 is 0. The number of hydrogen-bond acceptors (Lipinski definition) is 3. The summed E-state index contributed by atoms with van der Waals surface area (Å²) in [7, 11) is 2.09. The van der Waals surface area contributed by atoms with Gasteiger partial charge in [-0.05, 0) is 38.1 Å². The van der Waals surface area contributed by atoms with Gasteiger partial charge in [-0.25, -0.2) is 0 Å². The molecule has 0 spiro atoms. The van der Waals surface area contributed by atoms with Crippen molar-refractivity contribution in [2.24, 2.45) is 0 Å². The average molecular weight is 276 g/mol. The van der Waals surface area contributed by atoms with Gasteiger partial charge in [0.25, 0.3) is 5.91 Å². The highest BCUT2D eigenvalue weighted by Crippen LogP contribution is 2.17. The Morgan fingerprint density at radius 2 is 2.00 bits per heavy atom. The molecule has 2 rings (SSSR count). The lowest BCUT2D eigenvalue weighted by Gasteiger charge is -2.34. The molecule has 0 aromatic heterocycles. The number of likely N-dealkylation sites (N-methyl/N-ethyl adjacent to an activating group) is 1. The fourth-order valence-electron chi connectivity index (χ4n) is 2.39. The van der Waals surface area contributed by atoms with E-state index >= 15 is 0 Å². The van der Waals surface area contributed by atoms with Crippen LogP contribution in [0.4, 0.5) is 0 Å². The highest BCUT2D eigenvalue weighted by atomic mass is 16.5. The fourth-order valence-corrected chi connectivity index (χ4v) is 2.39. The first kappa shape index (κ1) is 14.9. The normalized spacial score (nSPS) is 17.9. The van der Waals surface area contributed by atoms with Crippen molar-refractivity contribution in [3.8, 4) is 5.75 Å². The standard InChI is InChI=1S/C16H24N2O2/c1-4-15(20-14-7-5-6-13(2)12-14)16(19)18-10-8-17(3)9-11-18/h5-7,12,15H,4,8-11H2,1-3H3. The Labute approximate surface area is 121 Å². The molecule has 1 heterocycles. The minimum absolute atomic E-state index is 0.113. The Kier molecular flexibility index (Phi) is 5.01. The zero-order valence-electron chi connectivity index (χ0n) is 12.6. The van der Waals surface area contributed by atoms with Gasteiger partial charge < -0.3 is 14.5 Å². The Morgan fingerprint density at radius 3 is 2.60 bits per heavy atom. The predicted molar refractivity (Wildman–Crippen MR) is 80.0 cm³/mol.